The molecule has 0 heterocycles. The number of hydrogen-bond acceptors (Lipinski definition) is 7. The largest absolute Gasteiger partial charge is 0.482 e. The van der Waals surface area contributed by atoms with Gasteiger partial charge in [0.2, 0.25) is 0 Å². The molecule has 0 unspecified atom stereocenters. The summed E-state index contributed by atoms with van der Waals surface area (Å²) in [7, 11) is 0. The lowest BCUT2D eigenvalue weighted by atomic mass is 10.2. The first-order chi connectivity index (χ1) is 18.9. The molecule has 0 aliphatic heterocycles. The van der Waals surface area contributed by atoms with Gasteiger partial charge in [-0.25, -0.2) is 15.0 Å². The van der Waals surface area contributed by atoms with Crippen molar-refractivity contribution in [3.05, 3.63) is 124 Å². The molecule has 0 aliphatic rings. The monoisotopic (exact) mass is 562 g/mol. The van der Waals surface area contributed by atoms with Crippen LogP contribution in [-0.4, -0.2) is 30.7 Å². The maximum Gasteiger partial charge on any atom is 0.343 e. The first-order valence-electron chi connectivity index (χ1n) is 11.5. The summed E-state index contributed by atoms with van der Waals surface area (Å²) in [5, 5.41) is 4.39. The van der Waals surface area contributed by atoms with Crippen LogP contribution in [0.25, 0.3) is 0 Å². The molecule has 0 radical (unpaired) electrons. The van der Waals surface area contributed by atoms with Crippen LogP contribution in [0.5, 0.6) is 17.2 Å². The molecule has 39 heavy (non-hydrogen) atoms. The lowest BCUT2D eigenvalue weighted by Crippen LogP contribution is -2.24. The van der Waals surface area contributed by atoms with E-state index in [0.29, 0.717) is 21.7 Å². The number of ether oxygens (including phenoxy) is 3. The van der Waals surface area contributed by atoms with E-state index in [1.165, 1.54) is 24.4 Å². The molecule has 0 fully saturated rings. The molecular weight excluding hydrogens is 543 g/mol. The highest BCUT2D eigenvalue weighted by Crippen LogP contribution is 2.31. The summed E-state index contributed by atoms with van der Waals surface area (Å²) < 4.78 is 16.4. The smallest absolute Gasteiger partial charge is 0.343 e. The molecule has 1 amide bonds. The molecule has 0 bridgehead atoms. The normalized spacial score (nSPS) is 10.6. The molecule has 0 aliphatic carbocycles. The van der Waals surface area contributed by atoms with Crippen LogP contribution >= 0.6 is 23.2 Å². The second kappa shape index (κ2) is 13.2. The number of hydrazone groups is 1. The van der Waals surface area contributed by atoms with Crippen molar-refractivity contribution in [2.75, 3.05) is 6.61 Å². The zero-order chi connectivity index (χ0) is 27.6. The molecule has 10 heteroatoms. The molecule has 1 N–H and O–H groups in total. The molecule has 0 aromatic heterocycles. The fraction of sp³-hybridized carbons (Fsp3) is 0.0345. The van der Waals surface area contributed by atoms with Crippen molar-refractivity contribution in [3.63, 3.8) is 0 Å². The van der Waals surface area contributed by atoms with Crippen molar-refractivity contribution in [3.8, 4) is 17.2 Å². The van der Waals surface area contributed by atoms with Gasteiger partial charge in [0.15, 0.2) is 6.61 Å². The van der Waals surface area contributed by atoms with E-state index >= 15 is 0 Å². The highest BCUT2D eigenvalue weighted by Gasteiger charge is 2.15. The second-order valence-electron chi connectivity index (χ2n) is 7.84. The summed E-state index contributed by atoms with van der Waals surface area (Å²) in [4.78, 5) is 37.4. The Bertz CT molecular complexity index is 1510. The van der Waals surface area contributed by atoms with Gasteiger partial charge in [0.1, 0.15) is 22.3 Å². The Balaban J connectivity index is 1.47. The summed E-state index contributed by atoms with van der Waals surface area (Å²) >= 11 is 12.0. The first kappa shape index (κ1) is 27.4. The van der Waals surface area contributed by atoms with Crippen molar-refractivity contribution in [2.24, 2.45) is 5.10 Å². The number of esters is 2. The van der Waals surface area contributed by atoms with Crippen molar-refractivity contribution in [1.82, 2.24) is 5.43 Å². The molecule has 4 aromatic rings. The van der Waals surface area contributed by atoms with Crippen LogP contribution in [0, 0.1) is 0 Å². The Morgan fingerprint density at radius 2 is 1.38 bits per heavy atom. The Labute approximate surface area is 233 Å². The van der Waals surface area contributed by atoms with Gasteiger partial charge in [-0.15, -0.1) is 0 Å². The Morgan fingerprint density at radius 1 is 0.744 bits per heavy atom. The minimum absolute atomic E-state index is 0.0576. The predicted octanol–water partition coefficient (Wildman–Crippen LogP) is 5.96. The minimum Gasteiger partial charge on any atom is -0.482 e. The standard InChI is InChI=1S/C29H20Cl2N2O6/c30-23-12-7-13-24(27(23)31)37-18-26(34)33-32-17-21-14-15-22(38-28(35)19-8-3-1-4-9-19)16-25(21)39-29(36)20-10-5-2-6-11-20/h1-17H,18H2,(H,33,34). The third-order valence-electron chi connectivity index (χ3n) is 5.09. The lowest BCUT2D eigenvalue weighted by Gasteiger charge is -2.11. The molecule has 0 spiro atoms. The molecule has 8 nitrogen and oxygen atoms in total. The summed E-state index contributed by atoms with van der Waals surface area (Å²) in [6, 6.07) is 26.0. The summed E-state index contributed by atoms with van der Waals surface area (Å²) in [6.45, 7) is -0.373. The number of amides is 1. The number of carbonyl (C=O) groups is 3. The Morgan fingerprint density at radius 3 is 2.05 bits per heavy atom. The van der Waals surface area contributed by atoms with Crippen molar-refractivity contribution in [2.45, 2.75) is 0 Å². The van der Waals surface area contributed by atoms with Crippen LogP contribution < -0.4 is 19.6 Å². The maximum atomic E-state index is 12.7. The number of rotatable bonds is 9. The molecule has 4 rings (SSSR count). The van der Waals surface area contributed by atoms with E-state index in [2.05, 4.69) is 10.5 Å². The summed E-state index contributed by atoms with van der Waals surface area (Å²) in [5.41, 5.74) is 3.32. The number of carbonyl (C=O) groups excluding carboxylic acids is 3. The average Bonchev–Trinajstić information content (AvgIpc) is 2.96. The SMILES string of the molecule is O=C(COc1cccc(Cl)c1Cl)NN=Cc1ccc(OC(=O)c2ccccc2)cc1OC(=O)c1ccccc1. The third-order valence-corrected chi connectivity index (χ3v) is 5.89. The van der Waals surface area contributed by atoms with Gasteiger partial charge >= 0.3 is 11.9 Å². The number of benzene rings is 4. The van der Waals surface area contributed by atoms with E-state index < -0.39 is 17.8 Å². The number of halogens is 2. The van der Waals surface area contributed by atoms with Crippen LogP contribution in [0.3, 0.4) is 0 Å². The fourth-order valence-electron chi connectivity index (χ4n) is 3.19. The minimum atomic E-state index is -0.632. The van der Waals surface area contributed by atoms with Gasteiger partial charge < -0.3 is 14.2 Å². The molecule has 0 saturated carbocycles. The Hall–Kier alpha value is -4.66. The third kappa shape index (κ3) is 7.67. The van der Waals surface area contributed by atoms with E-state index in [4.69, 9.17) is 37.4 Å². The zero-order valence-corrected chi connectivity index (χ0v) is 21.7. The van der Waals surface area contributed by atoms with Gasteiger partial charge in [-0.05, 0) is 48.5 Å². The van der Waals surface area contributed by atoms with Crippen molar-refractivity contribution >= 4 is 47.3 Å². The van der Waals surface area contributed by atoms with E-state index in [1.807, 2.05) is 0 Å². The van der Waals surface area contributed by atoms with E-state index in [-0.39, 0.29) is 28.9 Å². The van der Waals surface area contributed by atoms with Crippen molar-refractivity contribution < 1.29 is 28.6 Å². The van der Waals surface area contributed by atoms with Gasteiger partial charge in [0.05, 0.1) is 22.4 Å². The van der Waals surface area contributed by atoms with Crippen LogP contribution in [0.1, 0.15) is 26.3 Å². The molecular formula is C29H20Cl2N2O6. The molecule has 0 saturated heterocycles. The Kier molecular flexibility index (Phi) is 9.29. The first-order valence-corrected chi connectivity index (χ1v) is 12.2. The quantitative estimate of drug-likeness (QED) is 0.117. The summed E-state index contributed by atoms with van der Waals surface area (Å²) in [6.07, 6.45) is 1.28. The summed E-state index contributed by atoms with van der Waals surface area (Å²) in [5.74, 6) is -1.33. The van der Waals surface area contributed by atoms with Gasteiger partial charge in [-0.2, -0.15) is 5.10 Å². The van der Waals surface area contributed by atoms with Crippen LogP contribution in [0.2, 0.25) is 10.0 Å². The highest BCUT2D eigenvalue weighted by molar-refractivity contribution is 6.42. The maximum absolute atomic E-state index is 12.7. The molecule has 4 aromatic carbocycles. The van der Waals surface area contributed by atoms with Gasteiger partial charge in [-0.1, -0.05) is 65.7 Å². The van der Waals surface area contributed by atoms with Crippen LogP contribution in [0.4, 0.5) is 0 Å². The van der Waals surface area contributed by atoms with E-state index in [9.17, 15) is 14.4 Å². The number of nitrogens with zero attached hydrogens (tertiary/aromatic N) is 1. The van der Waals surface area contributed by atoms with Crippen LogP contribution in [0.15, 0.2) is 102 Å². The molecule has 0 atom stereocenters. The average molecular weight is 563 g/mol. The highest BCUT2D eigenvalue weighted by atomic mass is 35.5. The van der Waals surface area contributed by atoms with Crippen LogP contribution in [-0.2, 0) is 4.79 Å². The molecule has 196 valence electrons. The zero-order valence-electron chi connectivity index (χ0n) is 20.2. The second-order valence-corrected chi connectivity index (χ2v) is 8.63. The van der Waals surface area contributed by atoms with E-state index in [1.54, 1.807) is 78.9 Å². The van der Waals surface area contributed by atoms with Crippen molar-refractivity contribution in [1.29, 1.82) is 0 Å². The predicted molar refractivity (Wildman–Crippen MR) is 147 cm³/mol. The number of nitrogens with one attached hydrogen (secondary N) is 1. The topological polar surface area (TPSA) is 103 Å². The lowest BCUT2D eigenvalue weighted by molar-refractivity contribution is -0.123. The number of hydrogen-bond donors (Lipinski definition) is 1. The van der Waals surface area contributed by atoms with Gasteiger partial charge in [0, 0.05) is 11.6 Å². The van der Waals surface area contributed by atoms with E-state index in [0.717, 1.165) is 0 Å². The fourth-order valence-corrected chi connectivity index (χ4v) is 3.54. The van der Waals surface area contributed by atoms with Gasteiger partial charge in [0.25, 0.3) is 5.91 Å². The van der Waals surface area contributed by atoms with Gasteiger partial charge in [-0.3, -0.25) is 4.79 Å².